The summed E-state index contributed by atoms with van der Waals surface area (Å²) < 4.78 is 10.9. The zero-order valence-electron chi connectivity index (χ0n) is 23.3. The fourth-order valence-corrected chi connectivity index (χ4v) is 5.16. The van der Waals surface area contributed by atoms with E-state index in [9.17, 15) is 14.7 Å². The van der Waals surface area contributed by atoms with Gasteiger partial charge in [0.1, 0.15) is 25.0 Å². The third kappa shape index (κ3) is 7.16. The van der Waals surface area contributed by atoms with Gasteiger partial charge in [0.05, 0.1) is 29.6 Å². The van der Waals surface area contributed by atoms with E-state index < -0.39 is 12.7 Å². The monoisotopic (exact) mass is 595 g/mol. The van der Waals surface area contributed by atoms with Gasteiger partial charge in [0.2, 0.25) is 11.9 Å². The van der Waals surface area contributed by atoms with Crippen LogP contribution >= 0.6 is 11.6 Å². The lowest BCUT2D eigenvalue weighted by Crippen LogP contribution is -2.38. The van der Waals surface area contributed by atoms with Gasteiger partial charge in [-0.2, -0.15) is 0 Å². The van der Waals surface area contributed by atoms with E-state index in [1.165, 1.54) is 4.90 Å². The smallest absolute Gasteiger partial charge is 0.254 e. The van der Waals surface area contributed by atoms with Crippen LogP contribution in [0.1, 0.15) is 47.3 Å². The number of halogens is 1. The Morgan fingerprint density at radius 3 is 2.83 bits per heavy atom. The first kappa shape index (κ1) is 29.7. The number of nitrogens with zero attached hydrogens (tertiary/aromatic N) is 3. The molecule has 4 N–H and O–H groups in total. The summed E-state index contributed by atoms with van der Waals surface area (Å²) in [6, 6.07) is 12.5. The molecule has 12 heteroatoms. The van der Waals surface area contributed by atoms with E-state index in [0.717, 1.165) is 24.0 Å². The molecule has 222 valence electrons. The first-order chi connectivity index (χ1) is 20.3. The molecule has 42 heavy (non-hydrogen) atoms. The van der Waals surface area contributed by atoms with Crippen molar-refractivity contribution in [3.63, 3.8) is 0 Å². The average Bonchev–Trinajstić information content (AvgIpc) is 3.31. The van der Waals surface area contributed by atoms with Crippen molar-refractivity contribution in [2.45, 2.75) is 44.5 Å². The highest BCUT2D eigenvalue weighted by Gasteiger charge is 2.30. The summed E-state index contributed by atoms with van der Waals surface area (Å²) in [5.41, 5.74) is 3.35. The Balaban J connectivity index is 1.21. The molecule has 1 fully saturated rings. The Hall–Kier alpha value is -3.77. The number of anilines is 1. The molecule has 2 aliphatic heterocycles. The predicted molar refractivity (Wildman–Crippen MR) is 156 cm³/mol. The van der Waals surface area contributed by atoms with E-state index in [4.69, 9.17) is 26.2 Å². The zero-order chi connectivity index (χ0) is 29.6. The van der Waals surface area contributed by atoms with Crippen molar-refractivity contribution in [3.05, 3.63) is 70.4 Å². The van der Waals surface area contributed by atoms with Gasteiger partial charge in [-0.25, -0.2) is 9.97 Å². The number of aliphatic hydroxyl groups excluding tert-OH is 2. The van der Waals surface area contributed by atoms with Crippen LogP contribution in [0.5, 0.6) is 5.75 Å². The van der Waals surface area contributed by atoms with E-state index in [2.05, 4.69) is 20.6 Å². The second-order valence-electron chi connectivity index (χ2n) is 10.5. The highest BCUT2D eigenvalue weighted by Crippen LogP contribution is 2.32. The van der Waals surface area contributed by atoms with Gasteiger partial charge in [-0.15, -0.1) is 0 Å². The molecule has 0 aliphatic carbocycles. The minimum absolute atomic E-state index is 0.0438. The molecule has 2 atom stereocenters. The quantitative estimate of drug-likeness (QED) is 0.263. The first-order valence-electron chi connectivity index (χ1n) is 13.9. The van der Waals surface area contributed by atoms with Crippen LogP contribution in [-0.4, -0.2) is 82.0 Å². The number of hydrogen-bond donors (Lipinski definition) is 4. The van der Waals surface area contributed by atoms with Crippen molar-refractivity contribution in [2.75, 3.05) is 38.3 Å². The maximum atomic E-state index is 13.3. The predicted octanol–water partition coefficient (Wildman–Crippen LogP) is 2.95. The highest BCUT2D eigenvalue weighted by atomic mass is 35.5. The highest BCUT2D eigenvalue weighted by molar-refractivity contribution is 6.33. The number of carbonyl (C=O) groups is 2. The minimum Gasteiger partial charge on any atom is -0.491 e. The number of amides is 2. The topological polar surface area (TPSA) is 146 Å². The van der Waals surface area contributed by atoms with Crippen molar-refractivity contribution in [1.29, 1.82) is 0 Å². The van der Waals surface area contributed by atoms with Crippen LogP contribution in [0.4, 0.5) is 5.95 Å². The molecule has 0 spiro atoms. The molecule has 2 aliphatic rings. The lowest BCUT2D eigenvalue weighted by Gasteiger charge is -2.23. The van der Waals surface area contributed by atoms with Gasteiger partial charge in [-0.3, -0.25) is 9.59 Å². The maximum Gasteiger partial charge on any atom is 0.254 e. The van der Waals surface area contributed by atoms with Gasteiger partial charge in [0, 0.05) is 36.9 Å². The van der Waals surface area contributed by atoms with Gasteiger partial charge < -0.3 is 35.2 Å². The largest absolute Gasteiger partial charge is 0.491 e. The SMILES string of the molecule is CC(NC(=O)CN1Cc2ccc(-c3nc(NC4CCOCC4)ncc3Cl)cc2C1=O)c1cccc(OCC(O)CO)c1. The fraction of sp³-hybridized carbons (Fsp3) is 0.400. The summed E-state index contributed by atoms with van der Waals surface area (Å²) in [6.07, 6.45) is 2.32. The summed E-state index contributed by atoms with van der Waals surface area (Å²) in [5, 5.41) is 25.1. The van der Waals surface area contributed by atoms with Gasteiger partial charge in [0.15, 0.2) is 0 Å². The third-order valence-corrected chi connectivity index (χ3v) is 7.56. The van der Waals surface area contributed by atoms with E-state index in [1.807, 2.05) is 25.1 Å². The second kappa shape index (κ2) is 13.5. The summed E-state index contributed by atoms with van der Waals surface area (Å²) in [6.45, 7) is 3.01. The van der Waals surface area contributed by atoms with Crippen molar-refractivity contribution in [1.82, 2.24) is 20.2 Å². The average molecular weight is 596 g/mol. The van der Waals surface area contributed by atoms with E-state index in [-0.39, 0.29) is 37.0 Å². The molecule has 2 aromatic carbocycles. The van der Waals surface area contributed by atoms with Crippen molar-refractivity contribution in [3.8, 4) is 17.0 Å². The lowest BCUT2D eigenvalue weighted by molar-refractivity contribution is -0.122. The Kier molecular flexibility index (Phi) is 9.53. The summed E-state index contributed by atoms with van der Waals surface area (Å²) in [5.74, 6) is 0.449. The number of rotatable bonds is 11. The standard InChI is InChI=1S/C30H34ClN5O6/c1-18(19-3-2-4-24(11-19)42-17-23(38)16-37)33-27(39)15-36-14-21-6-5-20(12-25(21)29(36)40)28-26(31)13-32-30(35-28)34-22-7-9-41-10-8-22/h2-6,11-13,18,22-23,37-38H,7-10,14-17H2,1H3,(H,33,39)(H,32,34,35). The summed E-state index contributed by atoms with van der Waals surface area (Å²) in [4.78, 5) is 36.6. The van der Waals surface area contributed by atoms with Gasteiger partial charge in [-0.1, -0.05) is 35.9 Å². The van der Waals surface area contributed by atoms with Crippen LogP contribution in [0.3, 0.4) is 0 Å². The van der Waals surface area contributed by atoms with E-state index in [1.54, 1.807) is 30.5 Å². The Bertz CT molecular complexity index is 1430. The molecular weight excluding hydrogens is 562 g/mol. The van der Waals surface area contributed by atoms with Gasteiger partial charge in [-0.05, 0) is 49.1 Å². The molecule has 1 aromatic heterocycles. The number of fused-ring (bicyclic) bond motifs is 1. The summed E-state index contributed by atoms with van der Waals surface area (Å²) in [7, 11) is 0. The molecule has 1 saturated heterocycles. The number of benzene rings is 2. The molecule has 3 heterocycles. The van der Waals surface area contributed by atoms with Crippen LogP contribution in [0.15, 0.2) is 48.7 Å². The molecule has 11 nitrogen and oxygen atoms in total. The van der Waals surface area contributed by atoms with Crippen LogP contribution < -0.4 is 15.4 Å². The van der Waals surface area contributed by atoms with Crippen LogP contribution in [0, 0.1) is 0 Å². The molecule has 0 bridgehead atoms. The Morgan fingerprint density at radius 2 is 2.05 bits per heavy atom. The van der Waals surface area contributed by atoms with Crippen LogP contribution in [0.2, 0.25) is 5.02 Å². The zero-order valence-corrected chi connectivity index (χ0v) is 24.0. The molecule has 3 aromatic rings. The van der Waals surface area contributed by atoms with Gasteiger partial charge >= 0.3 is 0 Å². The Labute approximate surface area is 248 Å². The molecule has 2 unspecified atom stereocenters. The number of aliphatic hydroxyl groups is 2. The molecule has 2 amide bonds. The van der Waals surface area contributed by atoms with Crippen molar-refractivity contribution in [2.24, 2.45) is 0 Å². The molecule has 0 saturated carbocycles. The minimum atomic E-state index is -0.974. The molecule has 5 rings (SSSR count). The van der Waals surface area contributed by atoms with Crippen molar-refractivity contribution >= 4 is 29.4 Å². The maximum absolute atomic E-state index is 13.3. The first-order valence-corrected chi connectivity index (χ1v) is 14.3. The van der Waals surface area contributed by atoms with Crippen LogP contribution in [-0.2, 0) is 16.1 Å². The van der Waals surface area contributed by atoms with Crippen LogP contribution in [0.25, 0.3) is 11.3 Å². The number of nitrogens with one attached hydrogen (secondary N) is 2. The van der Waals surface area contributed by atoms with E-state index >= 15 is 0 Å². The number of hydrogen-bond acceptors (Lipinski definition) is 9. The fourth-order valence-electron chi connectivity index (χ4n) is 4.96. The second-order valence-corrected chi connectivity index (χ2v) is 10.9. The normalized spacial score (nSPS) is 16.6. The van der Waals surface area contributed by atoms with E-state index in [0.29, 0.717) is 53.3 Å². The molecular formula is C30H34ClN5O6. The summed E-state index contributed by atoms with van der Waals surface area (Å²) >= 11 is 6.45. The lowest BCUT2D eigenvalue weighted by atomic mass is 10.0. The molecule has 0 radical (unpaired) electrons. The van der Waals surface area contributed by atoms with Gasteiger partial charge in [0.25, 0.3) is 5.91 Å². The number of ether oxygens (including phenoxy) is 2. The van der Waals surface area contributed by atoms with Crippen molar-refractivity contribution < 1.29 is 29.3 Å². The number of aromatic nitrogens is 2. The number of carbonyl (C=O) groups excluding carboxylic acids is 2. The Morgan fingerprint density at radius 1 is 1.24 bits per heavy atom. The third-order valence-electron chi connectivity index (χ3n) is 7.28.